The predicted molar refractivity (Wildman–Crippen MR) is 130 cm³/mol. The largest absolute Gasteiger partial charge is 0.159 e. The Balaban J connectivity index is 2.32. The van der Waals surface area contributed by atoms with E-state index in [4.69, 9.17) is 0 Å². The predicted octanol–water partition coefficient (Wildman–Crippen LogP) is 9.18. The molecule has 0 bridgehead atoms. The molecular formula is C23H46S3. The summed E-state index contributed by atoms with van der Waals surface area (Å²) in [7, 11) is 0. The molecule has 0 aromatic carbocycles. The molecule has 1 rings (SSSR count). The van der Waals surface area contributed by atoms with Crippen LogP contribution < -0.4 is 0 Å². The van der Waals surface area contributed by atoms with Gasteiger partial charge in [0.25, 0.3) is 0 Å². The van der Waals surface area contributed by atoms with Gasteiger partial charge in [0.05, 0.1) is 4.08 Å². The summed E-state index contributed by atoms with van der Waals surface area (Å²) in [5.41, 5.74) is 0. The van der Waals surface area contributed by atoms with Gasteiger partial charge in [-0.1, -0.05) is 78.6 Å². The standard InChI is InChI=1S/C23H46S3/c1-4-7-10-13-18-24-22-16-17-23(21-22,25-19-14-11-8-5-2)26-20-15-12-9-6-3/h22H,4-21H2,1-3H3. The van der Waals surface area contributed by atoms with E-state index in [0.29, 0.717) is 4.08 Å². The van der Waals surface area contributed by atoms with Crippen LogP contribution in [0.1, 0.15) is 117 Å². The van der Waals surface area contributed by atoms with Gasteiger partial charge in [-0.15, -0.1) is 23.5 Å². The van der Waals surface area contributed by atoms with Gasteiger partial charge in [-0.3, -0.25) is 0 Å². The fraction of sp³-hybridized carbons (Fsp3) is 1.00. The molecule has 0 spiro atoms. The van der Waals surface area contributed by atoms with Crippen molar-refractivity contribution < 1.29 is 0 Å². The first-order chi connectivity index (χ1) is 12.8. The summed E-state index contributed by atoms with van der Waals surface area (Å²) in [5.74, 6) is 4.20. The maximum Gasteiger partial charge on any atom is 0.0622 e. The maximum absolute atomic E-state index is 2.35. The third kappa shape index (κ3) is 11.8. The Morgan fingerprint density at radius 2 is 1.15 bits per heavy atom. The first kappa shape index (κ1) is 25.1. The van der Waals surface area contributed by atoms with Crippen molar-refractivity contribution in [3.63, 3.8) is 0 Å². The molecule has 0 radical (unpaired) electrons. The van der Waals surface area contributed by atoms with Crippen LogP contribution in [0.25, 0.3) is 0 Å². The lowest BCUT2D eigenvalue weighted by Gasteiger charge is -2.28. The van der Waals surface area contributed by atoms with Gasteiger partial charge in [0.15, 0.2) is 0 Å². The van der Waals surface area contributed by atoms with Gasteiger partial charge in [0.2, 0.25) is 0 Å². The highest BCUT2D eigenvalue weighted by Gasteiger charge is 2.39. The van der Waals surface area contributed by atoms with E-state index >= 15 is 0 Å². The van der Waals surface area contributed by atoms with Crippen LogP contribution in [0.15, 0.2) is 0 Å². The molecule has 1 fully saturated rings. The third-order valence-corrected chi connectivity index (χ3v) is 10.3. The van der Waals surface area contributed by atoms with Crippen LogP contribution in [-0.4, -0.2) is 26.6 Å². The molecule has 156 valence electrons. The fourth-order valence-electron chi connectivity index (χ4n) is 3.73. The van der Waals surface area contributed by atoms with Crippen LogP contribution >= 0.6 is 35.3 Å². The minimum atomic E-state index is 0.569. The Kier molecular flexibility index (Phi) is 16.4. The summed E-state index contributed by atoms with van der Waals surface area (Å²) >= 11 is 7.00. The lowest BCUT2D eigenvalue weighted by atomic mass is 10.2. The third-order valence-electron chi connectivity index (χ3n) is 5.46. The van der Waals surface area contributed by atoms with Crippen molar-refractivity contribution in [2.24, 2.45) is 0 Å². The lowest BCUT2D eigenvalue weighted by Crippen LogP contribution is -2.18. The molecule has 0 aromatic rings. The van der Waals surface area contributed by atoms with Crippen molar-refractivity contribution in [2.45, 2.75) is 126 Å². The van der Waals surface area contributed by atoms with E-state index in [1.54, 1.807) is 0 Å². The van der Waals surface area contributed by atoms with Crippen molar-refractivity contribution in [2.75, 3.05) is 17.3 Å². The summed E-state index contributed by atoms with van der Waals surface area (Å²) in [5, 5.41) is 0.947. The maximum atomic E-state index is 2.35. The molecule has 26 heavy (non-hydrogen) atoms. The molecule has 0 aliphatic heterocycles. The number of hydrogen-bond donors (Lipinski definition) is 0. The fourth-order valence-corrected chi connectivity index (χ4v) is 8.77. The number of unbranched alkanes of at least 4 members (excludes halogenated alkanes) is 9. The topological polar surface area (TPSA) is 0 Å². The van der Waals surface area contributed by atoms with E-state index in [9.17, 15) is 0 Å². The monoisotopic (exact) mass is 418 g/mol. The molecular weight excluding hydrogens is 372 g/mol. The van der Waals surface area contributed by atoms with Crippen molar-refractivity contribution >= 4 is 35.3 Å². The second-order valence-electron chi connectivity index (χ2n) is 8.03. The molecule has 1 saturated carbocycles. The Morgan fingerprint density at radius 3 is 1.65 bits per heavy atom. The van der Waals surface area contributed by atoms with E-state index in [1.807, 2.05) is 0 Å². The summed E-state index contributed by atoms with van der Waals surface area (Å²) in [6.07, 6.45) is 21.4. The van der Waals surface area contributed by atoms with Gasteiger partial charge in [-0.25, -0.2) is 0 Å². The van der Waals surface area contributed by atoms with Gasteiger partial charge in [0, 0.05) is 5.25 Å². The lowest BCUT2D eigenvalue weighted by molar-refractivity contribution is 0.701. The number of hydrogen-bond acceptors (Lipinski definition) is 3. The summed E-state index contributed by atoms with van der Waals surface area (Å²) in [6.45, 7) is 6.95. The highest BCUT2D eigenvalue weighted by atomic mass is 32.2. The van der Waals surface area contributed by atoms with Crippen LogP contribution in [-0.2, 0) is 0 Å². The van der Waals surface area contributed by atoms with E-state index in [-0.39, 0.29) is 0 Å². The zero-order chi connectivity index (χ0) is 18.9. The summed E-state index contributed by atoms with van der Waals surface area (Å²) in [4.78, 5) is 0. The first-order valence-corrected chi connectivity index (χ1v) is 14.7. The number of rotatable bonds is 18. The molecule has 3 heteroatoms. The average molecular weight is 419 g/mol. The van der Waals surface area contributed by atoms with Gasteiger partial charge in [-0.2, -0.15) is 11.8 Å². The summed E-state index contributed by atoms with van der Waals surface area (Å²) < 4.78 is 0.569. The van der Waals surface area contributed by atoms with E-state index < -0.39 is 0 Å². The smallest absolute Gasteiger partial charge is 0.0622 e. The van der Waals surface area contributed by atoms with E-state index in [0.717, 1.165) is 5.25 Å². The Bertz CT molecular complexity index is 292. The van der Waals surface area contributed by atoms with Gasteiger partial charge in [0.1, 0.15) is 0 Å². The second kappa shape index (κ2) is 17.0. The molecule has 1 atom stereocenters. The summed E-state index contributed by atoms with van der Waals surface area (Å²) in [6, 6.07) is 0. The SMILES string of the molecule is CCCCCCSC1CCC(SCCCCCC)(SCCCCCC)C1. The highest BCUT2D eigenvalue weighted by Crippen LogP contribution is 2.53. The molecule has 0 amide bonds. The van der Waals surface area contributed by atoms with Crippen LogP contribution in [0.4, 0.5) is 0 Å². The highest BCUT2D eigenvalue weighted by molar-refractivity contribution is 8.18. The van der Waals surface area contributed by atoms with Crippen molar-refractivity contribution in [1.82, 2.24) is 0 Å². The molecule has 0 saturated heterocycles. The quantitative estimate of drug-likeness (QED) is 0.161. The van der Waals surface area contributed by atoms with Gasteiger partial charge < -0.3 is 0 Å². The van der Waals surface area contributed by atoms with Crippen molar-refractivity contribution in [3.8, 4) is 0 Å². The Labute approximate surface area is 178 Å². The minimum absolute atomic E-state index is 0.569. The molecule has 1 aliphatic carbocycles. The molecule has 0 nitrogen and oxygen atoms in total. The van der Waals surface area contributed by atoms with Crippen molar-refractivity contribution in [1.29, 1.82) is 0 Å². The van der Waals surface area contributed by atoms with Gasteiger partial charge in [-0.05, 0) is 55.8 Å². The Morgan fingerprint density at radius 1 is 0.654 bits per heavy atom. The normalized spacial score (nSPS) is 19.3. The van der Waals surface area contributed by atoms with E-state index in [1.165, 1.54) is 114 Å². The minimum Gasteiger partial charge on any atom is -0.159 e. The average Bonchev–Trinajstić information content (AvgIpc) is 3.05. The van der Waals surface area contributed by atoms with Gasteiger partial charge >= 0.3 is 0 Å². The van der Waals surface area contributed by atoms with E-state index in [2.05, 4.69) is 56.1 Å². The van der Waals surface area contributed by atoms with Crippen LogP contribution in [0, 0.1) is 0 Å². The van der Waals surface area contributed by atoms with Crippen LogP contribution in [0.2, 0.25) is 0 Å². The first-order valence-electron chi connectivity index (χ1n) is 11.7. The van der Waals surface area contributed by atoms with Crippen molar-refractivity contribution in [3.05, 3.63) is 0 Å². The second-order valence-corrected chi connectivity index (χ2v) is 12.6. The number of thioether (sulfide) groups is 3. The Hall–Kier alpha value is 1.05. The molecule has 0 aromatic heterocycles. The molecule has 0 heterocycles. The molecule has 1 unspecified atom stereocenters. The molecule has 0 N–H and O–H groups in total. The molecule has 1 aliphatic rings. The van der Waals surface area contributed by atoms with Crippen LogP contribution in [0.5, 0.6) is 0 Å². The van der Waals surface area contributed by atoms with Crippen LogP contribution in [0.3, 0.4) is 0 Å². The zero-order valence-corrected chi connectivity index (χ0v) is 20.5. The zero-order valence-electron chi connectivity index (χ0n) is 18.0.